The zero-order valence-corrected chi connectivity index (χ0v) is 35.0. The average molecular weight is 804 g/mol. The summed E-state index contributed by atoms with van der Waals surface area (Å²) in [5, 5.41) is 43.4. The van der Waals surface area contributed by atoms with Crippen molar-refractivity contribution in [2.45, 2.75) is 122 Å². The molecule has 3 aliphatic rings. The Balaban J connectivity index is 1.43. The predicted molar refractivity (Wildman–Crippen MR) is 223 cm³/mol. The summed E-state index contributed by atoms with van der Waals surface area (Å²) < 4.78 is 10.6. The number of aryl methyl sites for hydroxylation is 4. The van der Waals surface area contributed by atoms with Crippen molar-refractivity contribution in [3.05, 3.63) is 68.8 Å². The van der Waals surface area contributed by atoms with Crippen LogP contribution in [0.15, 0.2) is 18.2 Å². The molecule has 57 heavy (non-hydrogen) atoms. The van der Waals surface area contributed by atoms with Crippen molar-refractivity contribution < 1.29 is 39.5 Å². The SMILES string of the molecule is CCc1c(C)c2cc3[nH]c(cc4nc(c(C)c5nc(cc1[nH]2)C(C)=C5C(=O)NCCCS[C@@H]1O[C@H](CO)[C@@H](O)[C@H](O)[C@H]1O)[C@@H](CCC(=O)OC)[C@@H]4C)c(C)c3CC. The van der Waals surface area contributed by atoms with E-state index in [2.05, 4.69) is 62.0 Å². The van der Waals surface area contributed by atoms with Gasteiger partial charge in [-0.2, -0.15) is 0 Å². The number of esters is 1. The maximum atomic E-state index is 14.3. The van der Waals surface area contributed by atoms with E-state index in [9.17, 15) is 30.0 Å². The Hall–Kier alpha value is -4.05. The normalized spacial score (nSPS) is 23.5. The Kier molecular flexibility index (Phi) is 13.3. The molecule has 0 unspecified atom stereocenters. The van der Waals surface area contributed by atoms with Gasteiger partial charge in [0.05, 0.1) is 30.7 Å². The van der Waals surface area contributed by atoms with E-state index in [1.807, 2.05) is 19.9 Å². The Bertz CT molecular complexity index is 2210. The number of hydrogen-bond donors (Lipinski definition) is 7. The van der Waals surface area contributed by atoms with Crippen LogP contribution in [0.25, 0.3) is 33.2 Å². The molecule has 7 atom stereocenters. The largest absolute Gasteiger partial charge is 0.469 e. The number of aromatic amines is 2. The molecule has 0 aromatic carbocycles. The molecule has 14 heteroatoms. The van der Waals surface area contributed by atoms with Gasteiger partial charge in [0.1, 0.15) is 29.9 Å². The van der Waals surface area contributed by atoms with Crippen molar-refractivity contribution >= 4 is 56.9 Å². The summed E-state index contributed by atoms with van der Waals surface area (Å²) in [6, 6.07) is 6.33. The first-order chi connectivity index (χ1) is 27.2. The van der Waals surface area contributed by atoms with Gasteiger partial charge in [-0.15, -0.1) is 11.8 Å². The van der Waals surface area contributed by atoms with Gasteiger partial charge in [0, 0.05) is 58.3 Å². The first kappa shape index (κ1) is 42.6. The van der Waals surface area contributed by atoms with E-state index in [-0.39, 0.29) is 30.1 Å². The number of aliphatic hydroxyl groups excluding tert-OH is 4. The van der Waals surface area contributed by atoms with Crippen LogP contribution in [0, 0.1) is 20.8 Å². The molecule has 0 saturated carbocycles. The number of H-pyrrole nitrogens is 2. The molecule has 0 radical (unpaired) electrons. The van der Waals surface area contributed by atoms with Gasteiger partial charge in [-0.05, 0) is 111 Å². The van der Waals surface area contributed by atoms with Crippen molar-refractivity contribution in [1.82, 2.24) is 25.3 Å². The number of ether oxygens (including phenoxy) is 2. The van der Waals surface area contributed by atoms with Crippen LogP contribution in [0.1, 0.15) is 109 Å². The Labute approximate surface area is 337 Å². The predicted octanol–water partition coefficient (Wildman–Crippen LogP) is 5.18. The molecule has 13 nitrogen and oxygen atoms in total. The number of rotatable bonds is 12. The number of nitrogens with one attached hydrogen (secondary N) is 3. The zero-order chi connectivity index (χ0) is 41.3. The highest BCUT2D eigenvalue weighted by atomic mass is 32.2. The molecule has 6 rings (SSSR count). The highest BCUT2D eigenvalue weighted by Gasteiger charge is 2.43. The third-order valence-corrected chi connectivity index (χ3v) is 13.2. The summed E-state index contributed by atoms with van der Waals surface area (Å²) in [4.78, 5) is 44.5. The van der Waals surface area contributed by atoms with E-state index in [0.717, 1.165) is 68.6 Å². The topological polar surface area (TPSA) is 203 Å². The molecular formula is C43H57N5O8S. The van der Waals surface area contributed by atoms with Crippen LogP contribution in [-0.2, 0) is 31.9 Å². The number of carbonyl (C=O) groups excluding carboxylic acids is 2. The minimum absolute atomic E-state index is 0.0315. The zero-order valence-electron chi connectivity index (χ0n) is 34.2. The molecule has 3 aromatic heterocycles. The van der Waals surface area contributed by atoms with E-state index in [0.29, 0.717) is 42.1 Å². The van der Waals surface area contributed by atoms with Crippen LogP contribution in [0.3, 0.4) is 0 Å². The van der Waals surface area contributed by atoms with Crippen molar-refractivity contribution in [3.63, 3.8) is 0 Å². The quantitative estimate of drug-likeness (QED) is 0.0940. The third-order valence-electron chi connectivity index (χ3n) is 12.0. The highest BCUT2D eigenvalue weighted by molar-refractivity contribution is 7.99. The number of methoxy groups -OCH3 is 1. The Morgan fingerprint density at radius 3 is 2.18 bits per heavy atom. The third kappa shape index (κ3) is 8.30. The van der Waals surface area contributed by atoms with Crippen LogP contribution >= 0.6 is 11.8 Å². The lowest BCUT2D eigenvalue weighted by Crippen LogP contribution is -2.57. The molecule has 3 aromatic rings. The van der Waals surface area contributed by atoms with Gasteiger partial charge in [0.25, 0.3) is 5.91 Å². The Morgan fingerprint density at radius 1 is 0.895 bits per heavy atom. The molecule has 8 bridgehead atoms. The van der Waals surface area contributed by atoms with Crippen LogP contribution in [-0.4, -0.2) is 108 Å². The lowest BCUT2D eigenvalue weighted by Gasteiger charge is -2.39. The summed E-state index contributed by atoms with van der Waals surface area (Å²) in [5.74, 6) is -0.267. The van der Waals surface area contributed by atoms with Crippen LogP contribution in [0.5, 0.6) is 0 Å². The number of hydrogen-bond acceptors (Lipinski definition) is 11. The maximum absolute atomic E-state index is 14.3. The molecule has 0 spiro atoms. The minimum atomic E-state index is -1.44. The molecule has 7 N–H and O–H groups in total. The van der Waals surface area contributed by atoms with E-state index < -0.39 is 36.5 Å². The summed E-state index contributed by atoms with van der Waals surface area (Å²) in [6.07, 6.45) is -2.25. The second-order valence-corrected chi connectivity index (χ2v) is 16.5. The Morgan fingerprint density at radius 2 is 1.54 bits per heavy atom. The molecule has 6 heterocycles. The summed E-state index contributed by atoms with van der Waals surface area (Å²) in [7, 11) is 1.39. The van der Waals surface area contributed by atoms with Crippen molar-refractivity contribution in [1.29, 1.82) is 0 Å². The van der Waals surface area contributed by atoms with Gasteiger partial charge < -0.3 is 45.2 Å². The second-order valence-electron chi connectivity index (χ2n) is 15.3. The molecule has 3 aliphatic heterocycles. The van der Waals surface area contributed by atoms with E-state index >= 15 is 0 Å². The van der Waals surface area contributed by atoms with Gasteiger partial charge in [-0.3, -0.25) is 14.6 Å². The van der Waals surface area contributed by atoms with Crippen LogP contribution in [0.2, 0.25) is 0 Å². The second kappa shape index (κ2) is 17.8. The van der Waals surface area contributed by atoms with E-state index in [1.54, 1.807) is 0 Å². The first-order valence-corrected chi connectivity index (χ1v) is 21.0. The average Bonchev–Trinajstić information content (AvgIpc) is 3.89. The van der Waals surface area contributed by atoms with Crippen molar-refractivity contribution in [2.24, 2.45) is 0 Å². The number of nitrogens with zero attached hydrogens (tertiary/aromatic N) is 2. The van der Waals surface area contributed by atoms with Crippen molar-refractivity contribution in [3.8, 4) is 0 Å². The minimum Gasteiger partial charge on any atom is -0.469 e. The van der Waals surface area contributed by atoms with E-state index in [4.69, 9.17) is 19.4 Å². The number of amides is 1. The van der Waals surface area contributed by atoms with Gasteiger partial charge in [-0.1, -0.05) is 20.8 Å². The first-order valence-electron chi connectivity index (χ1n) is 19.9. The fourth-order valence-electron chi connectivity index (χ4n) is 8.43. The molecule has 1 fully saturated rings. The number of carbonyl (C=O) groups is 2. The fourth-order valence-corrected chi connectivity index (χ4v) is 9.55. The number of aromatic nitrogens is 4. The van der Waals surface area contributed by atoms with Crippen molar-refractivity contribution in [2.75, 3.05) is 26.0 Å². The standard InChI is InChI=1S/C43H57N5O8S/c1-9-25-20(3)28-16-30-22(5)27(12-13-35(50)55-8)37(47-30)24(7)38-36(42(54)44-14-11-15-57-43-41(53)40(52)39(51)34(19-49)56-43)23(6)31(48-38)18-33-26(10-2)21(4)29(46-33)17-32(25)45-28/h16-18,22,27,34,39-41,43,45-46,49,51-53H,9-15,19H2,1-8H3,(H,44,54)/t22-,27-,34+,39+,40-,41+,43-/m0/s1. The summed E-state index contributed by atoms with van der Waals surface area (Å²) >= 11 is 1.24. The van der Waals surface area contributed by atoms with Gasteiger partial charge in [0.15, 0.2) is 0 Å². The summed E-state index contributed by atoms with van der Waals surface area (Å²) in [6.45, 7) is 14.4. The number of thioether (sulfide) groups is 1. The lowest BCUT2D eigenvalue weighted by atomic mass is 9.85. The summed E-state index contributed by atoms with van der Waals surface area (Å²) in [5.41, 5.74) is 12.7. The van der Waals surface area contributed by atoms with Gasteiger partial charge in [0.2, 0.25) is 0 Å². The monoisotopic (exact) mass is 803 g/mol. The molecular weight excluding hydrogens is 747 g/mol. The van der Waals surface area contributed by atoms with Gasteiger partial charge >= 0.3 is 5.97 Å². The number of fused-ring (bicyclic) bond motifs is 8. The highest BCUT2D eigenvalue weighted by Crippen LogP contribution is 2.43. The number of aliphatic hydroxyl groups is 4. The lowest BCUT2D eigenvalue weighted by molar-refractivity contribution is -0.205. The van der Waals surface area contributed by atoms with Crippen LogP contribution < -0.4 is 5.32 Å². The van der Waals surface area contributed by atoms with Gasteiger partial charge in [-0.25, -0.2) is 4.98 Å². The smallest absolute Gasteiger partial charge is 0.305 e. The molecule has 1 amide bonds. The number of allylic oxidation sites excluding steroid dienone is 1. The molecule has 0 aliphatic carbocycles. The fraction of sp³-hybridized carbons (Fsp3) is 0.535. The van der Waals surface area contributed by atoms with E-state index in [1.165, 1.54) is 30.0 Å². The van der Waals surface area contributed by atoms with Crippen LogP contribution in [0.4, 0.5) is 0 Å². The molecule has 308 valence electrons. The molecule has 1 saturated heterocycles. The maximum Gasteiger partial charge on any atom is 0.305 e.